The van der Waals surface area contributed by atoms with Gasteiger partial charge in [-0.1, -0.05) is 25.1 Å². The molecule has 0 aliphatic heterocycles. The average Bonchev–Trinajstić information content (AvgIpc) is 2.17. The molecule has 0 saturated heterocycles. The summed E-state index contributed by atoms with van der Waals surface area (Å²) in [5.41, 5.74) is 1.67. The number of benzene rings is 1. The van der Waals surface area contributed by atoms with Crippen LogP contribution in [0.3, 0.4) is 0 Å². The van der Waals surface area contributed by atoms with Gasteiger partial charge < -0.3 is 5.32 Å². The summed E-state index contributed by atoms with van der Waals surface area (Å²) in [5, 5.41) is 3.25. The molecule has 1 aromatic rings. The molecule has 0 aromatic heterocycles. The first-order chi connectivity index (χ1) is 7.19. The lowest BCUT2D eigenvalue weighted by atomic mass is 10.0. The summed E-state index contributed by atoms with van der Waals surface area (Å²) in [7, 11) is 0. The molecule has 0 radical (unpaired) electrons. The van der Waals surface area contributed by atoms with Crippen molar-refractivity contribution >= 4 is 0 Å². The van der Waals surface area contributed by atoms with Crippen molar-refractivity contribution in [2.75, 3.05) is 6.54 Å². The van der Waals surface area contributed by atoms with Crippen LogP contribution in [0.2, 0.25) is 0 Å². The fourth-order valence-corrected chi connectivity index (χ4v) is 1.65. The van der Waals surface area contributed by atoms with E-state index in [1.807, 2.05) is 32.1 Å². The van der Waals surface area contributed by atoms with Gasteiger partial charge in [0, 0.05) is 11.6 Å². The van der Waals surface area contributed by atoms with Gasteiger partial charge in [0.05, 0.1) is 0 Å². The van der Waals surface area contributed by atoms with E-state index in [1.165, 1.54) is 0 Å². The van der Waals surface area contributed by atoms with Crippen LogP contribution in [0.1, 0.15) is 30.5 Å². The van der Waals surface area contributed by atoms with Gasteiger partial charge in [0.15, 0.2) is 0 Å². The van der Waals surface area contributed by atoms with Crippen LogP contribution in [0.4, 0.5) is 4.39 Å². The van der Waals surface area contributed by atoms with E-state index in [2.05, 4.69) is 11.9 Å². The maximum absolute atomic E-state index is 13.7. The quantitative estimate of drug-likeness (QED) is 0.730. The highest BCUT2D eigenvalue weighted by molar-refractivity contribution is 5.26. The third kappa shape index (κ3) is 3.17. The van der Waals surface area contributed by atoms with Gasteiger partial charge in [0.1, 0.15) is 5.82 Å². The van der Waals surface area contributed by atoms with Gasteiger partial charge >= 0.3 is 0 Å². The summed E-state index contributed by atoms with van der Waals surface area (Å²) >= 11 is 0. The minimum atomic E-state index is -0.136. The molecular weight excluding hydrogens is 189 g/mol. The van der Waals surface area contributed by atoms with Gasteiger partial charge in [-0.15, -0.1) is 6.58 Å². The van der Waals surface area contributed by atoms with Crippen LogP contribution >= 0.6 is 0 Å². The van der Waals surface area contributed by atoms with Gasteiger partial charge in [-0.2, -0.15) is 0 Å². The number of aryl methyl sites for hydroxylation is 1. The molecule has 0 spiro atoms. The fourth-order valence-electron chi connectivity index (χ4n) is 1.65. The molecule has 1 aromatic carbocycles. The van der Waals surface area contributed by atoms with E-state index in [0.717, 1.165) is 24.1 Å². The lowest BCUT2D eigenvalue weighted by molar-refractivity contribution is 0.516. The summed E-state index contributed by atoms with van der Waals surface area (Å²) in [6.45, 7) is 8.43. The largest absolute Gasteiger partial charge is 0.310 e. The molecule has 1 nitrogen and oxygen atoms in total. The molecule has 0 bridgehead atoms. The zero-order valence-corrected chi connectivity index (χ0v) is 9.39. The van der Waals surface area contributed by atoms with Crippen molar-refractivity contribution in [1.82, 2.24) is 5.32 Å². The van der Waals surface area contributed by atoms with Crippen LogP contribution in [-0.2, 0) is 0 Å². The van der Waals surface area contributed by atoms with Crippen LogP contribution < -0.4 is 5.32 Å². The monoisotopic (exact) mass is 207 g/mol. The Morgan fingerprint density at radius 1 is 1.53 bits per heavy atom. The Morgan fingerprint density at radius 2 is 2.27 bits per heavy atom. The Morgan fingerprint density at radius 3 is 2.80 bits per heavy atom. The molecule has 2 heteroatoms. The number of halogens is 1. The van der Waals surface area contributed by atoms with Gasteiger partial charge in [-0.25, -0.2) is 4.39 Å². The van der Waals surface area contributed by atoms with E-state index < -0.39 is 0 Å². The SMILES string of the molecule is C=CCC(NCC)c1ccc(C)cc1F. The first-order valence-electron chi connectivity index (χ1n) is 5.29. The van der Waals surface area contributed by atoms with E-state index in [4.69, 9.17) is 0 Å². The van der Waals surface area contributed by atoms with Crippen molar-refractivity contribution in [3.8, 4) is 0 Å². The van der Waals surface area contributed by atoms with E-state index in [-0.39, 0.29) is 11.9 Å². The highest BCUT2D eigenvalue weighted by Gasteiger charge is 2.12. The van der Waals surface area contributed by atoms with Crippen molar-refractivity contribution in [3.05, 3.63) is 47.8 Å². The first-order valence-corrected chi connectivity index (χ1v) is 5.29. The molecule has 1 atom stereocenters. The molecule has 0 aliphatic carbocycles. The Bertz CT molecular complexity index is 333. The molecule has 1 unspecified atom stereocenters. The van der Waals surface area contributed by atoms with Crippen molar-refractivity contribution < 1.29 is 4.39 Å². The maximum atomic E-state index is 13.7. The lowest BCUT2D eigenvalue weighted by Crippen LogP contribution is -2.21. The van der Waals surface area contributed by atoms with E-state index >= 15 is 0 Å². The highest BCUT2D eigenvalue weighted by Crippen LogP contribution is 2.21. The predicted molar refractivity (Wildman–Crippen MR) is 62.4 cm³/mol. The van der Waals surface area contributed by atoms with Crippen molar-refractivity contribution in [2.45, 2.75) is 26.3 Å². The lowest BCUT2D eigenvalue weighted by Gasteiger charge is -2.17. The first kappa shape index (κ1) is 11.9. The Labute approximate surface area is 91.0 Å². The zero-order chi connectivity index (χ0) is 11.3. The smallest absolute Gasteiger partial charge is 0.128 e. The molecule has 15 heavy (non-hydrogen) atoms. The molecule has 0 heterocycles. The number of nitrogens with one attached hydrogen (secondary N) is 1. The standard InChI is InChI=1S/C13H18FN/c1-4-6-13(15-5-2)11-8-7-10(3)9-12(11)14/h4,7-9,13,15H,1,5-6H2,2-3H3. The van der Waals surface area contributed by atoms with Crippen molar-refractivity contribution in [2.24, 2.45) is 0 Å². The summed E-state index contributed by atoms with van der Waals surface area (Å²) in [6.07, 6.45) is 2.56. The van der Waals surface area contributed by atoms with Crippen LogP contribution in [0, 0.1) is 12.7 Å². The summed E-state index contributed by atoms with van der Waals surface area (Å²) in [4.78, 5) is 0. The second-order valence-corrected chi connectivity index (χ2v) is 3.66. The van der Waals surface area contributed by atoms with E-state index in [1.54, 1.807) is 6.07 Å². The average molecular weight is 207 g/mol. The molecule has 1 rings (SSSR count). The topological polar surface area (TPSA) is 12.0 Å². The van der Waals surface area contributed by atoms with Crippen molar-refractivity contribution in [1.29, 1.82) is 0 Å². The molecule has 0 saturated carbocycles. The second-order valence-electron chi connectivity index (χ2n) is 3.66. The summed E-state index contributed by atoms with van der Waals surface area (Å²) < 4.78 is 13.7. The molecule has 1 N–H and O–H groups in total. The number of hydrogen-bond donors (Lipinski definition) is 1. The molecule has 82 valence electrons. The van der Waals surface area contributed by atoms with Gasteiger partial charge in [-0.05, 0) is 31.5 Å². The minimum Gasteiger partial charge on any atom is -0.310 e. The Kier molecular flexibility index (Phi) is 4.50. The summed E-state index contributed by atoms with van der Waals surface area (Å²) in [5.74, 6) is -0.136. The molecular formula is C13H18FN. The van der Waals surface area contributed by atoms with E-state index in [9.17, 15) is 4.39 Å². The number of rotatable bonds is 5. The normalized spacial score (nSPS) is 12.5. The van der Waals surface area contributed by atoms with Gasteiger partial charge in [-0.3, -0.25) is 0 Å². The predicted octanol–water partition coefficient (Wildman–Crippen LogP) is 3.36. The third-order valence-electron chi connectivity index (χ3n) is 2.38. The van der Waals surface area contributed by atoms with Crippen molar-refractivity contribution in [3.63, 3.8) is 0 Å². The fraction of sp³-hybridized carbons (Fsp3) is 0.385. The summed E-state index contributed by atoms with van der Waals surface area (Å²) in [6, 6.07) is 5.39. The highest BCUT2D eigenvalue weighted by atomic mass is 19.1. The Balaban J connectivity index is 2.94. The van der Waals surface area contributed by atoms with Crippen LogP contribution in [0.5, 0.6) is 0 Å². The minimum absolute atomic E-state index is 0.0353. The third-order valence-corrected chi connectivity index (χ3v) is 2.38. The van der Waals surface area contributed by atoms with Crippen LogP contribution in [0.25, 0.3) is 0 Å². The van der Waals surface area contributed by atoms with Gasteiger partial charge in [0.25, 0.3) is 0 Å². The maximum Gasteiger partial charge on any atom is 0.128 e. The molecule has 0 amide bonds. The second kappa shape index (κ2) is 5.66. The number of hydrogen-bond acceptors (Lipinski definition) is 1. The van der Waals surface area contributed by atoms with Crippen LogP contribution in [0.15, 0.2) is 30.9 Å². The van der Waals surface area contributed by atoms with Gasteiger partial charge in [0.2, 0.25) is 0 Å². The van der Waals surface area contributed by atoms with Crippen LogP contribution in [-0.4, -0.2) is 6.54 Å². The molecule has 0 aliphatic rings. The molecule has 0 fully saturated rings. The van der Waals surface area contributed by atoms with E-state index in [0.29, 0.717) is 0 Å². The zero-order valence-electron chi connectivity index (χ0n) is 9.39. The Hall–Kier alpha value is -1.15.